The van der Waals surface area contributed by atoms with E-state index < -0.39 is 0 Å². The summed E-state index contributed by atoms with van der Waals surface area (Å²) in [6, 6.07) is 11.0. The van der Waals surface area contributed by atoms with Crippen LogP contribution in [0.25, 0.3) is 0 Å². The Labute approximate surface area is 110 Å². The number of benzene rings is 2. The average molecular weight is 259 g/mol. The molecule has 2 aromatic carbocycles. The quantitative estimate of drug-likeness (QED) is 0.890. The van der Waals surface area contributed by atoms with Crippen LogP contribution < -0.4 is 5.32 Å². The van der Waals surface area contributed by atoms with Crippen LogP contribution in [0, 0.1) is 12.7 Å². The van der Waals surface area contributed by atoms with Crippen molar-refractivity contribution in [2.24, 2.45) is 0 Å². The number of halogens is 1. The Bertz CT molecular complexity index is 611. The number of phenolic OH excluding ortho intramolecular Hbond substituents is 1. The van der Waals surface area contributed by atoms with Crippen LogP contribution >= 0.6 is 0 Å². The van der Waals surface area contributed by atoms with Crippen molar-refractivity contribution in [2.75, 3.05) is 0 Å². The molecular weight excluding hydrogens is 245 g/mol. The Balaban J connectivity index is 2.10. The molecule has 0 spiro atoms. The minimum absolute atomic E-state index is 0.0681. The number of nitrogens with one attached hydrogen (secondary N) is 1. The van der Waals surface area contributed by atoms with E-state index in [0.29, 0.717) is 16.7 Å². The average Bonchev–Trinajstić information content (AvgIpc) is 2.40. The second-order valence-corrected chi connectivity index (χ2v) is 4.22. The summed E-state index contributed by atoms with van der Waals surface area (Å²) in [4.78, 5) is 12.0. The van der Waals surface area contributed by atoms with Crippen LogP contribution in [0.2, 0.25) is 0 Å². The zero-order chi connectivity index (χ0) is 13.8. The molecule has 2 aromatic rings. The zero-order valence-electron chi connectivity index (χ0n) is 10.5. The van der Waals surface area contributed by atoms with Crippen LogP contribution in [0.4, 0.5) is 4.39 Å². The summed E-state index contributed by atoms with van der Waals surface area (Å²) in [5, 5.41) is 12.2. The maximum absolute atomic E-state index is 13.4. The van der Waals surface area contributed by atoms with E-state index >= 15 is 0 Å². The fraction of sp³-hybridized carbons (Fsp3) is 0.133. The van der Waals surface area contributed by atoms with Gasteiger partial charge >= 0.3 is 0 Å². The van der Waals surface area contributed by atoms with E-state index in [9.17, 15) is 14.3 Å². The number of hydrogen-bond donors (Lipinski definition) is 2. The van der Waals surface area contributed by atoms with E-state index in [2.05, 4.69) is 5.32 Å². The number of amides is 1. The molecule has 4 heteroatoms. The third kappa shape index (κ3) is 2.91. The van der Waals surface area contributed by atoms with Gasteiger partial charge < -0.3 is 10.4 Å². The second kappa shape index (κ2) is 5.52. The number of rotatable bonds is 3. The lowest BCUT2D eigenvalue weighted by atomic mass is 10.1. The summed E-state index contributed by atoms with van der Waals surface area (Å²) in [5.74, 6) is -0.620. The second-order valence-electron chi connectivity index (χ2n) is 4.22. The van der Waals surface area contributed by atoms with Crippen molar-refractivity contribution >= 4 is 5.91 Å². The minimum atomic E-state index is -0.351. The van der Waals surface area contributed by atoms with Gasteiger partial charge in [0.1, 0.15) is 11.6 Å². The number of phenols is 1. The van der Waals surface area contributed by atoms with Crippen molar-refractivity contribution in [1.82, 2.24) is 5.32 Å². The Hall–Kier alpha value is -2.36. The third-order valence-corrected chi connectivity index (χ3v) is 2.95. The molecule has 0 aliphatic carbocycles. The molecule has 19 heavy (non-hydrogen) atoms. The normalized spacial score (nSPS) is 10.2. The van der Waals surface area contributed by atoms with E-state index in [1.807, 2.05) is 0 Å². The van der Waals surface area contributed by atoms with Crippen LogP contribution in [0.5, 0.6) is 5.75 Å². The number of hydrogen-bond acceptors (Lipinski definition) is 2. The van der Waals surface area contributed by atoms with E-state index in [1.165, 1.54) is 12.1 Å². The van der Waals surface area contributed by atoms with Crippen molar-refractivity contribution < 1.29 is 14.3 Å². The van der Waals surface area contributed by atoms with Crippen LogP contribution in [-0.4, -0.2) is 11.0 Å². The van der Waals surface area contributed by atoms with Gasteiger partial charge in [-0.2, -0.15) is 0 Å². The summed E-state index contributed by atoms with van der Waals surface area (Å²) >= 11 is 0. The predicted octanol–water partition coefficient (Wildman–Crippen LogP) is 2.77. The molecular formula is C15H14FNO2. The van der Waals surface area contributed by atoms with Gasteiger partial charge in [-0.15, -0.1) is 0 Å². The number of aromatic hydroxyl groups is 1. The molecule has 0 aliphatic heterocycles. The lowest BCUT2D eigenvalue weighted by molar-refractivity contribution is 0.0949. The molecule has 0 aromatic heterocycles. The largest absolute Gasteiger partial charge is 0.508 e. The Morgan fingerprint density at radius 1 is 1.21 bits per heavy atom. The molecule has 1 amide bonds. The van der Waals surface area contributed by atoms with Crippen molar-refractivity contribution in [1.29, 1.82) is 0 Å². The van der Waals surface area contributed by atoms with Gasteiger partial charge in [0.2, 0.25) is 0 Å². The molecule has 0 saturated heterocycles. The highest BCUT2D eigenvalue weighted by molar-refractivity contribution is 5.96. The van der Waals surface area contributed by atoms with Gasteiger partial charge in [-0.1, -0.05) is 24.3 Å². The van der Waals surface area contributed by atoms with E-state index in [-0.39, 0.29) is 24.0 Å². The van der Waals surface area contributed by atoms with Gasteiger partial charge in [-0.3, -0.25) is 4.79 Å². The fourth-order valence-electron chi connectivity index (χ4n) is 1.78. The van der Waals surface area contributed by atoms with Crippen LogP contribution in [-0.2, 0) is 6.54 Å². The van der Waals surface area contributed by atoms with Crippen molar-refractivity contribution in [3.63, 3.8) is 0 Å². The molecule has 98 valence electrons. The fourth-order valence-corrected chi connectivity index (χ4v) is 1.78. The van der Waals surface area contributed by atoms with E-state index in [1.54, 1.807) is 37.3 Å². The molecule has 2 rings (SSSR count). The number of carbonyl (C=O) groups is 1. The molecule has 0 unspecified atom stereocenters. The Morgan fingerprint density at radius 2 is 1.95 bits per heavy atom. The maximum atomic E-state index is 13.4. The molecule has 0 bridgehead atoms. The van der Waals surface area contributed by atoms with Crippen molar-refractivity contribution in [3.8, 4) is 5.75 Å². The summed E-state index contributed by atoms with van der Waals surface area (Å²) in [7, 11) is 0. The molecule has 0 radical (unpaired) electrons. The van der Waals surface area contributed by atoms with Gasteiger partial charge in [0.25, 0.3) is 5.91 Å². The molecule has 0 heterocycles. The van der Waals surface area contributed by atoms with Gasteiger partial charge in [-0.25, -0.2) is 4.39 Å². The highest BCUT2D eigenvalue weighted by Crippen LogP contribution is 2.19. The molecule has 3 nitrogen and oxygen atoms in total. The summed E-state index contributed by atoms with van der Waals surface area (Å²) < 4.78 is 13.4. The standard InChI is InChI=1S/C15H14FNO2/c1-10-12(6-4-8-14(10)18)15(19)17-9-11-5-2-3-7-13(11)16/h2-8,18H,9H2,1H3,(H,17,19). The SMILES string of the molecule is Cc1c(O)cccc1C(=O)NCc1ccccc1F. The molecule has 0 aliphatic rings. The highest BCUT2D eigenvalue weighted by atomic mass is 19.1. The monoisotopic (exact) mass is 259 g/mol. The van der Waals surface area contributed by atoms with Crippen LogP contribution in [0.3, 0.4) is 0 Å². The summed E-state index contributed by atoms with van der Waals surface area (Å²) in [5.41, 5.74) is 1.32. The summed E-state index contributed by atoms with van der Waals surface area (Å²) in [6.45, 7) is 1.77. The van der Waals surface area contributed by atoms with Crippen molar-refractivity contribution in [2.45, 2.75) is 13.5 Å². The first kappa shape index (κ1) is 13.1. The smallest absolute Gasteiger partial charge is 0.251 e. The molecule has 0 fully saturated rings. The van der Waals surface area contributed by atoms with Crippen LogP contribution in [0.1, 0.15) is 21.5 Å². The van der Waals surface area contributed by atoms with Gasteiger partial charge in [0, 0.05) is 23.2 Å². The lowest BCUT2D eigenvalue weighted by Crippen LogP contribution is -2.24. The van der Waals surface area contributed by atoms with Crippen LogP contribution in [0.15, 0.2) is 42.5 Å². The van der Waals surface area contributed by atoms with Crippen molar-refractivity contribution in [3.05, 3.63) is 65.0 Å². The first-order chi connectivity index (χ1) is 9.09. The van der Waals surface area contributed by atoms with E-state index in [0.717, 1.165) is 0 Å². The minimum Gasteiger partial charge on any atom is -0.508 e. The van der Waals surface area contributed by atoms with Gasteiger partial charge in [-0.05, 0) is 25.1 Å². The highest BCUT2D eigenvalue weighted by Gasteiger charge is 2.11. The lowest BCUT2D eigenvalue weighted by Gasteiger charge is -2.09. The topological polar surface area (TPSA) is 49.3 Å². The maximum Gasteiger partial charge on any atom is 0.251 e. The van der Waals surface area contributed by atoms with Gasteiger partial charge in [0.05, 0.1) is 0 Å². The summed E-state index contributed by atoms with van der Waals surface area (Å²) in [6.07, 6.45) is 0. The predicted molar refractivity (Wildman–Crippen MR) is 70.4 cm³/mol. The molecule has 2 N–H and O–H groups in total. The first-order valence-corrected chi connectivity index (χ1v) is 5.90. The third-order valence-electron chi connectivity index (χ3n) is 2.95. The number of carbonyl (C=O) groups excluding carboxylic acids is 1. The first-order valence-electron chi connectivity index (χ1n) is 5.90. The molecule has 0 atom stereocenters. The zero-order valence-corrected chi connectivity index (χ0v) is 10.5. The van der Waals surface area contributed by atoms with Gasteiger partial charge in [0.15, 0.2) is 0 Å². The Kier molecular flexibility index (Phi) is 3.80. The Morgan fingerprint density at radius 3 is 2.68 bits per heavy atom. The molecule has 0 saturated carbocycles. The van der Waals surface area contributed by atoms with E-state index in [4.69, 9.17) is 0 Å².